The topological polar surface area (TPSA) is 272 Å². The molecule has 7 amide bonds. The maximum absolute atomic E-state index is 13.7. The van der Waals surface area contributed by atoms with Gasteiger partial charge in [0.25, 0.3) is 0 Å². The molecule has 0 aromatic carbocycles. The van der Waals surface area contributed by atoms with Crippen LogP contribution in [0.5, 0.6) is 0 Å². The fraction of sp³-hybridized carbons (Fsp3) is 0.758. The van der Waals surface area contributed by atoms with Gasteiger partial charge in [-0.3, -0.25) is 33.6 Å². The molecule has 0 spiro atoms. The number of nitrogens with two attached hydrogens (primary N) is 2. The van der Waals surface area contributed by atoms with Crippen molar-refractivity contribution in [1.29, 1.82) is 0 Å². The number of carboxylic acids is 1. The van der Waals surface area contributed by atoms with Crippen LogP contribution in [0.3, 0.4) is 0 Å². The highest BCUT2D eigenvalue weighted by Gasteiger charge is 2.39. The zero-order chi connectivity index (χ0) is 38.5. The summed E-state index contributed by atoms with van der Waals surface area (Å²) in [6.07, 6.45) is 0.782. The van der Waals surface area contributed by atoms with Crippen molar-refractivity contribution in [2.75, 3.05) is 6.54 Å². The number of hydrogen-bond donors (Lipinski definition) is 8. The molecular formula is C33H58N8O9. The smallest absolute Gasteiger partial charge is 0.326 e. The van der Waals surface area contributed by atoms with Crippen molar-refractivity contribution in [2.24, 2.45) is 29.2 Å². The molecule has 1 saturated heterocycles. The van der Waals surface area contributed by atoms with E-state index in [-0.39, 0.29) is 50.0 Å². The first-order chi connectivity index (χ1) is 23.2. The van der Waals surface area contributed by atoms with Crippen LogP contribution in [0.15, 0.2) is 0 Å². The predicted octanol–water partition coefficient (Wildman–Crippen LogP) is -1.13. The number of nitrogens with one attached hydrogen (secondary N) is 5. The van der Waals surface area contributed by atoms with E-state index in [1.165, 1.54) is 18.7 Å². The zero-order valence-electron chi connectivity index (χ0n) is 30.5. The third-order valence-corrected chi connectivity index (χ3v) is 8.32. The lowest BCUT2D eigenvalue weighted by Gasteiger charge is -2.31. The molecule has 7 atom stereocenters. The lowest BCUT2D eigenvalue weighted by atomic mass is 10.0. The number of rotatable bonds is 20. The van der Waals surface area contributed by atoms with Gasteiger partial charge in [-0.2, -0.15) is 0 Å². The normalized spacial score (nSPS) is 18.0. The van der Waals surface area contributed by atoms with Gasteiger partial charge in [-0.05, 0) is 63.7 Å². The molecule has 0 saturated carbocycles. The summed E-state index contributed by atoms with van der Waals surface area (Å²) in [6, 6.07) is -7.39. The molecule has 10 N–H and O–H groups in total. The summed E-state index contributed by atoms with van der Waals surface area (Å²) in [4.78, 5) is 103. The Hall–Kier alpha value is -4.28. The molecule has 1 aliphatic rings. The van der Waals surface area contributed by atoms with E-state index in [4.69, 9.17) is 11.5 Å². The van der Waals surface area contributed by atoms with E-state index in [2.05, 4.69) is 26.6 Å². The van der Waals surface area contributed by atoms with Crippen molar-refractivity contribution in [1.82, 2.24) is 31.5 Å². The summed E-state index contributed by atoms with van der Waals surface area (Å²) in [5.74, 6) is -5.91. The van der Waals surface area contributed by atoms with E-state index >= 15 is 0 Å². The van der Waals surface area contributed by atoms with Gasteiger partial charge in [-0.15, -0.1) is 0 Å². The summed E-state index contributed by atoms with van der Waals surface area (Å²) in [5.41, 5.74) is 11.0. The molecule has 1 fully saturated rings. The Morgan fingerprint density at radius 2 is 1.20 bits per heavy atom. The fourth-order valence-corrected chi connectivity index (χ4v) is 5.36. The second-order valence-corrected chi connectivity index (χ2v) is 14.2. The van der Waals surface area contributed by atoms with Gasteiger partial charge in [0.15, 0.2) is 0 Å². The van der Waals surface area contributed by atoms with Crippen molar-refractivity contribution in [3.63, 3.8) is 0 Å². The van der Waals surface area contributed by atoms with Gasteiger partial charge in [-0.25, -0.2) is 4.79 Å². The van der Waals surface area contributed by atoms with Gasteiger partial charge in [-0.1, -0.05) is 41.5 Å². The Morgan fingerprint density at radius 3 is 1.70 bits per heavy atom. The highest BCUT2D eigenvalue weighted by atomic mass is 16.4. The third-order valence-electron chi connectivity index (χ3n) is 8.32. The van der Waals surface area contributed by atoms with Crippen LogP contribution in [-0.4, -0.2) is 106 Å². The second-order valence-electron chi connectivity index (χ2n) is 14.2. The molecule has 0 aliphatic carbocycles. The standard InChI is InChI=1S/C33H58N8O9/c1-16(2)14-22(39-31(47)26(35)18(5)6)29(45)37-19(7)27(43)36-20(8)28(44)40-23(15-17(3)4)32(48)41-13-9-10-24(41)30(46)38-21(33(49)50)11-12-25(34)42/h16-24,26H,9-15,35H2,1-8H3,(H2,34,42)(H,36,43)(H,37,45)(H,38,46)(H,39,47)(H,40,44)(H,49,50)/t19-,20-,21-,22-,23-,24-,26-/m0/s1. The summed E-state index contributed by atoms with van der Waals surface area (Å²) in [7, 11) is 0. The van der Waals surface area contributed by atoms with Crippen molar-refractivity contribution in [3.8, 4) is 0 Å². The molecule has 17 heteroatoms. The molecule has 17 nitrogen and oxygen atoms in total. The minimum atomic E-state index is -1.38. The highest BCUT2D eigenvalue weighted by Crippen LogP contribution is 2.21. The van der Waals surface area contributed by atoms with Crippen molar-refractivity contribution in [3.05, 3.63) is 0 Å². The Labute approximate surface area is 294 Å². The minimum Gasteiger partial charge on any atom is -0.480 e. The Balaban J connectivity index is 2.95. The van der Waals surface area contributed by atoms with Gasteiger partial charge in [0, 0.05) is 13.0 Å². The van der Waals surface area contributed by atoms with E-state index in [0.29, 0.717) is 12.8 Å². The molecule has 0 aromatic rings. The molecule has 0 aromatic heterocycles. The van der Waals surface area contributed by atoms with Crippen LogP contribution >= 0.6 is 0 Å². The maximum atomic E-state index is 13.7. The predicted molar refractivity (Wildman–Crippen MR) is 184 cm³/mol. The number of amides is 7. The van der Waals surface area contributed by atoms with Crippen LogP contribution in [0.1, 0.15) is 93.9 Å². The van der Waals surface area contributed by atoms with Crippen molar-refractivity contribution >= 4 is 47.3 Å². The van der Waals surface area contributed by atoms with Gasteiger partial charge in [0.2, 0.25) is 41.4 Å². The Bertz CT molecular complexity index is 1240. The van der Waals surface area contributed by atoms with Crippen LogP contribution in [0.4, 0.5) is 0 Å². The van der Waals surface area contributed by atoms with Crippen LogP contribution in [0, 0.1) is 17.8 Å². The van der Waals surface area contributed by atoms with Crippen LogP contribution < -0.4 is 38.1 Å². The van der Waals surface area contributed by atoms with E-state index in [9.17, 15) is 43.5 Å². The van der Waals surface area contributed by atoms with Gasteiger partial charge in [0.1, 0.15) is 36.3 Å². The third kappa shape index (κ3) is 14.3. The SMILES string of the molecule is CC(C)C[C@H](NC(=O)[C@@H](N)C(C)C)C(=O)N[C@@H](C)C(=O)N[C@@H](C)C(=O)N[C@@H](CC(C)C)C(=O)N1CCC[C@H]1C(=O)N[C@@H](CCC(N)=O)C(=O)O. The molecule has 1 heterocycles. The van der Waals surface area contributed by atoms with E-state index in [0.717, 1.165) is 0 Å². The quantitative estimate of drug-likeness (QED) is 0.0753. The van der Waals surface area contributed by atoms with Gasteiger partial charge < -0.3 is 48.1 Å². The summed E-state index contributed by atoms with van der Waals surface area (Å²) < 4.78 is 0. The highest BCUT2D eigenvalue weighted by molar-refractivity contribution is 5.97. The first-order valence-electron chi connectivity index (χ1n) is 17.2. The second kappa shape index (κ2) is 20.4. The van der Waals surface area contributed by atoms with Crippen LogP contribution in [0.2, 0.25) is 0 Å². The number of carboxylic acid groups (broad SMARTS) is 1. The van der Waals surface area contributed by atoms with Gasteiger partial charge in [0.05, 0.1) is 6.04 Å². The molecule has 0 radical (unpaired) electrons. The maximum Gasteiger partial charge on any atom is 0.326 e. The molecule has 1 aliphatic heterocycles. The first-order valence-corrected chi connectivity index (χ1v) is 17.2. The Morgan fingerprint density at radius 1 is 0.700 bits per heavy atom. The van der Waals surface area contributed by atoms with E-state index < -0.39 is 89.6 Å². The fourth-order valence-electron chi connectivity index (χ4n) is 5.36. The van der Waals surface area contributed by atoms with E-state index in [1.807, 2.05) is 27.7 Å². The molecule has 0 unspecified atom stereocenters. The molecule has 0 bridgehead atoms. The number of carbonyl (C=O) groups is 8. The van der Waals surface area contributed by atoms with Crippen molar-refractivity contribution in [2.45, 2.75) is 136 Å². The minimum absolute atomic E-state index is 0.0378. The van der Waals surface area contributed by atoms with Crippen LogP contribution in [0.25, 0.3) is 0 Å². The van der Waals surface area contributed by atoms with E-state index in [1.54, 1.807) is 13.8 Å². The Kier molecular flexibility index (Phi) is 17.9. The molecule has 50 heavy (non-hydrogen) atoms. The van der Waals surface area contributed by atoms with Gasteiger partial charge >= 0.3 is 5.97 Å². The number of hydrogen-bond acceptors (Lipinski definition) is 9. The average Bonchev–Trinajstić information content (AvgIpc) is 3.50. The molecule has 1 rings (SSSR count). The number of likely N-dealkylation sites (tertiary alicyclic amines) is 1. The summed E-state index contributed by atoms with van der Waals surface area (Å²) >= 11 is 0. The lowest BCUT2D eigenvalue weighted by Crippen LogP contribution is -2.59. The summed E-state index contributed by atoms with van der Waals surface area (Å²) in [5, 5.41) is 22.3. The van der Waals surface area contributed by atoms with Crippen LogP contribution in [-0.2, 0) is 38.4 Å². The monoisotopic (exact) mass is 710 g/mol. The number of primary amides is 1. The number of carbonyl (C=O) groups excluding carboxylic acids is 7. The first kappa shape index (κ1) is 43.7. The summed E-state index contributed by atoms with van der Waals surface area (Å²) in [6.45, 7) is 14.1. The lowest BCUT2D eigenvalue weighted by molar-refractivity contribution is -0.145. The zero-order valence-corrected chi connectivity index (χ0v) is 30.5. The number of nitrogens with zero attached hydrogens (tertiary/aromatic N) is 1. The largest absolute Gasteiger partial charge is 0.480 e. The number of aliphatic carboxylic acids is 1. The molecular weight excluding hydrogens is 652 g/mol. The van der Waals surface area contributed by atoms with Crippen molar-refractivity contribution < 1.29 is 43.5 Å². The average molecular weight is 711 g/mol. The molecule has 284 valence electrons.